The van der Waals surface area contributed by atoms with Crippen molar-refractivity contribution >= 4 is 5.91 Å². The maximum absolute atomic E-state index is 12.8. The molecule has 6 nitrogen and oxygen atoms in total. The highest BCUT2D eigenvalue weighted by Gasteiger charge is 2.20. The smallest absolute Gasteiger partial charge is 0.254 e. The summed E-state index contributed by atoms with van der Waals surface area (Å²) in [5.74, 6) is 1.91. The van der Waals surface area contributed by atoms with E-state index < -0.39 is 0 Å². The maximum Gasteiger partial charge on any atom is 0.254 e. The predicted octanol–water partition coefficient (Wildman–Crippen LogP) is 2.99. The van der Waals surface area contributed by atoms with Gasteiger partial charge in [-0.15, -0.1) is 0 Å². The maximum atomic E-state index is 12.8. The van der Waals surface area contributed by atoms with Gasteiger partial charge in [0, 0.05) is 24.7 Å². The SMILES string of the molecule is COc1ccccc1CN(C)C(=O)c1cc(OC)c(OC)c(OC)c1. The zero-order chi connectivity index (χ0) is 18.4. The van der Waals surface area contributed by atoms with Gasteiger partial charge in [-0.2, -0.15) is 0 Å². The van der Waals surface area contributed by atoms with Crippen LogP contribution in [-0.2, 0) is 6.54 Å². The van der Waals surface area contributed by atoms with Crippen LogP contribution in [0, 0.1) is 0 Å². The third-order valence-corrected chi connectivity index (χ3v) is 3.86. The summed E-state index contributed by atoms with van der Waals surface area (Å²) in [5.41, 5.74) is 1.38. The third kappa shape index (κ3) is 3.96. The van der Waals surface area contributed by atoms with Crippen LogP contribution in [0.25, 0.3) is 0 Å². The first kappa shape index (κ1) is 18.4. The van der Waals surface area contributed by atoms with Crippen LogP contribution in [-0.4, -0.2) is 46.3 Å². The van der Waals surface area contributed by atoms with Crippen molar-refractivity contribution in [3.63, 3.8) is 0 Å². The molecule has 0 fully saturated rings. The van der Waals surface area contributed by atoms with Gasteiger partial charge in [0.05, 0.1) is 28.4 Å². The van der Waals surface area contributed by atoms with Gasteiger partial charge in [0.1, 0.15) is 5.75 Å². The monoisotopic (exact) mass is 345 g/mol. The highest BCUT2D eigenvalue weighted by Crippen LogP contribution is 2.38. The topological polar surface area (TPSA) is 57.2 Å². The molecule has 25 heavy (non-hydrogen) atoms. The molecule has 0 spiro atoms. The van der Waals surface area contributed by atoms with Gasteiger partial charge in [-0.3, -0.25) is 4.79 Å². The van der Waals surface area contributed by atoms with Crippen molar-refractivity contribution in [3.05, 3.63) is 47.5 Å². The fourth-order valence-electron chi connectivity index (χ4n) is 2.59. The number of para-hydroxylation sites is 1. The van der Waals surface area contributed by atoms with Gasteiger partial charge >= 0.3 is 0 Å². The van der Waals surface area contributed by atoms with E-state index >= 15 is 0 Å². The van der Waals surface area contributed by atoms with Crippen molar-refractivity contribution in [2.24, 2.45) is 0 Å². The van der Waals surface area contributed by atoms with Gasteiger partial charge in [-0.25, -0.2) is 0 Å². The normalized spacial score (nSPS) is 10.1. The zero-order valence-electron chi connectivity index (χ0n) is 15.2. The Labute approximate surface area is 147 Å². The number of ether oxygens (including phenoxy) is 4. The van der Waals surface area contributed by atoms with Crippen LogP contribution in [0.5, 0.6) is 23.0 Å². The van der Waals surface area contributed by atoms with E-state index in [0.29, 0.717) is 29.4 Å². The van der Waals surface area contributed by atoms with Crippen molar-refractivity contribution < 1.29 is 23.7 Å². The molecule has 0 aromatic heterocycles. The highest BCUT2D eigenvalue weighted by molar-refractivity contribution is 5.95. The molecule has 2 aromatic carbocycles. The minimum atomic E-state index is -0.162. The van der Waals surface area contributed by atoms with Crippen molar-refractivity contribution in [2.75, 3.05) is 35.5 Å². The predicted molar refractivity (Wildman–Crippen MR) is 94.9 cm³/mol. The Hall–Kier alpha value is -2.89. The third-order valence-electron chi connectivity index (χ3n) is 3.86. The number of carbonyl (C=O) groups is 1. The molecule has 0 aliphatic carbocycles. The molecular weight excluding hydrogens is 322 g/mol. The van der Waals surface area contributed by atoms with Crippen molar-refractivity contribution in [1.82, 2.24) is 4.90 Å². The minimum absolute atomic E-state index is 0.162. The first-order valence-corrected chi connectivity index (χ1v) is 7.73. The fraction of sp³-hybridized carbons (Fsp3) is 0.316. The zero-order valence-corrected chi connectivity index (χ0v) is 15.2. The molecule has 6 heteroatoms. The summed E-state index contributed by atoms with van der Waals surface area (Å²) >= 11 is 0. The van der Waals surface area contributed by atoms with Crippen molar-refractivity contribution in [1.29, 1.82) is 0 Å². The average molecular weight is 345 g/mol. The van der Waals surface area contributed by atoms with Gasteiger partial charge in [-0.05, 0) is 18.2 Å². The van der Waals surface area contributed by atoms with Gasteiger partial charge in [-0.1, -0.05) is 18.2 Å². The Morgan fingerprint density at radius 3 is 1.96 bits per heavy atom. The molecule has 0 heterocycles. The number of hydrogen-bond acceptors (Lipinski definition) is 5. The van der Waals surface area contributed by atoms with Crippen molar-refractivity contribution in [3.8, 4) is 23.0 Å². The lowest BCUT2D eigenvalue weighted by atomic mass is 10.1. The van der Waals surface area contributed by atoms with Gasteiger partial charge in [0.15, 0.2) is 11.5 Å². The first-order valence-electron chi connectivity index (χ1n) is 7.73. The Balaban J connectivity index is 2.30. The summed E-state index contributed by atoms with van der Waals surface area (Å²) in [6.45, 7) is 0.416. The number of hydrogen-bond donors (Lipinski definition) is 0. The summed E-state index contributed by atoms with van der Waals surface area (Å²) < 4.78 is 21.2. The van der Waals surface area contributed by atoms with E-state index in [4.69, 9.17) is 18.9 Å². The highest BCUT2D eigenvalue weighted by atomic mass is 16.5. The van der Waals surface area contributed by atoms with Crippen LogP contribution in [0.3, 0.4) is 0 Å². The second kappa shape index (κ2) is 8.28. The first-order chi connectivity index (χ1) is 12.0. The van der Waals surface area contributed by atoms with Crippen molar-refractivity contribution in [2.45, 2.75) is 6.54 Å². The lowest BCUT2D eigenvalue weighted by Crippen LogP contribution is -2.26. The lowest BCUT2D eigenvalue weighted by Gasteiger charge is -2.20. The molecule has 0 aliphatic rings. The van der Waals surface area contributed by atoms with Crippen LogP contribution in [0.2, 0.25) is 0 Å². The van der Waals surface area contributed by atoms with Gasteiger partial charge in [0.2, 0.25) is 5.75 Å². The summed E-state index contributed by atoms with van der Waals surface area (Å²) in [4.78, 5) is 14.4. The Morgan fingerprint density at radius 1 is 0.880 bits per heavy atom. The number of nitrogens with zero attached hydrogens (tertiary/aromatic N) is 1. The second-order valence-corrected chi connectivity index (χ2v) is 5.39. The number of methoxy groups -OCH3 is 4. The number of benzene rings is 2. The van der Waals surface area contributed by atoms with E-state index in [-0.39, 0.29) is 5.91 Å². The molecule has 0 aliphatic heterocycles. The largest absolute Gasteiger partial charge is 0.496 e. The van der Waals surface area contributed by atoms with E-state index in [0.717, 1.165) is 11.3 Å². The van der Waals surface area contributed by atoms with E-state index in [9.17, 15) is 4.79 Å². The van der Waals surface area contributed by atoms with Crippen LogP contribution < -0.4 is 18.9 Å². The van der Waals surface area contributed by atoms with Crippen LogP contribution in [0.1, 0.15) is 15.9 Å². The number of carbonyl (C=O) groups excluding carboxylic acids is 1. The Kier molecular flexibility index (Phi) is 6.11. The standard InChI is InChI=1S/C19H23NO5/c1-20(12-13-8-6-7-9-15(13)22-2)19(21)14-10-16(23-3)18(25-5)17(11-14)24-4/h6-11H,12H2,1-5H3. The molecule has 0 unspecified atom stereocenters. The summed E-state index contributed by atoms with van der Waals surface area (Å²) in [6, 6.07) is 10.9. The molecule has 0 N–H and O–H groups in total. The van der Waals surface area contributed by atoms with Gasteiger partial charge in [0.25, 0.3) is 5.91 Å². The number of amides is 1. The second-order valence-electron chi connectivity index (χ2n) is 5.39. The molecular formula is C19H23NO5. The fourth-order valence-corrected chi connectivity index (χ4v) is 2.59. The quantitative estimate of drug-likeness (QED) is 0.772. The van der Waals surface area contributed by atoms with Crippen LogP contribution in [0.4, 0.5) is 0 Å². The molecule has 0 saturated heterocycles. The summed E-state index contributed by atoms with van der Waals surface area (Å²) in [7, 11) is 7.90. The van der Waals surface area contributed by atoms with E-state index in [1.165, 1.54) is 21.3 Å². The molecule has 0 radical (unpaired) electrons. The molecule has 2 rings (SSSR count). The molecule has 0 saturated carbocycles. The molecule has 0 bridgehead atoms. The molecule has 134 valence electrons. The molecule has 1 amide bonds. The van der Waals surface area contributed by atoms with Gasteiger partial charge < -0.3 is 23.8 Å². The van der Waals surface area contributed by atoms with E-state index in [1.807, 2.05) is 24.3 Å². The Bertz CT molecular complexity index is 719. The average Bonchev–Trinajstić information content (AvgIpc) is 2.66. The minimum Gasteiger partial charge on any atom is -0.496 e. The Morgan fingerprint density at radius 2 is 1.44 bits per heavy atom. The molecule has 2 aromatic rings. The molecule has 0 atom stereocenters. The van der Waals surface area contributed by atoms with Crippen LogP contribution >= 0.6 is 0 Å². The van der Waals surface area contributed by atoms with E-state index in [2.05, 4.69) is 0 Å². The summed E-state index contributed by atoms with van der Waals surface area (Å²) in [6.07, 6.45) is 0. The van der Waals surface area contributed by atoms with E-state index in [1.54, 1.807) is 31.2 Å². The lowest BCUT2D eigenvalue weighted by molar-refractivity contribution is 0.0783. The van der Waals surface area contributed by atoms with Crippen LogP contribution in [0.15, 0.2) is 36.4 Å². The number of rotatable bonds is 7. The summed E-state index contributed by atoms with van der Waals surface area (Å²) in [5, 5.41) is 0.